The lowest BCUT2D eigenvalue weighted by Gasteiger charge is -2.07. The molecule has 0 atom stereocenters. The van der Waals surface area contributed by atoms with Gasteiger partial charge < -0.3 is 16.8 Å². The lowest BCUT2D eigenvalue weighted by atomic mass is 10.1. The first-order chi connectivity index (χ1) is 19.2. The average molecular weight is 540 g/mol. The first-order valence-corrected chi connectivity index (χ1v) is 13.5. The van der Waals surface area contributed by atoms with Crippen molar-refractivity contribution in [3.63, 3.8) is 0 Å². The van der Waals surface area contributed by atoms with Gasteiger partial charge in [0.2, 0.25) is 0 Å². The number of carbonyl (C=O) groups is 1. The van der Waals surface area contributed by atoms with Gasteiger partial charge in [0.1, 0.15) is 5.84 Å². The third-order valence-electron chi connectivity index (χ3n) is 5.36. The topological polar surface area (TPSA) is 106 Å². The predicted molar refractivity (Wildman–Crippen MR) is 172 cm³/mol. The summed E-state index contributed by atoms with van der Waals surface area (Å²) in [6.45, 7) is 13.1. The van der Waals surface area contributed by atoms with Crippen LogP contribution in [-0.4, -0.2) is 25.0 Å². The largest absolute Gasteiger partial charge is 0.404 e. The van der Waals surface area contributed by atoms with Crippen LogP contribution >= 0.6 is 0 Å². The monoisotopic (exact) mass is 539 g/mol. The number of aliphatic imine (C=N–C) groups is 2. The zero-order chi connectivity index (χ0) is 29.8. The number of nitrogens with two attached hydrogens (primary N) is 2. The quantitative estimate of drug-likeness (QED) is 0.129. The first kappa shape index (κ1) is 33.6. The van der Waals surface area contributed by atoms with Gasteiger partial charge >= 0.3 is 0 Å². The second-order valence-corrected chi connectivity index (χ2v) is 9.39. The summed E-state index contributed by atoms with van der Waals surface area (Å²) in [4.78, 5) is 20.6. The number of amidine groups is 1. The summed E-state index contributed by atoms with van der Waals surface area (Å²) in [5, 5.41) is 2.84. The number of nitrogens with one attached hydrogen (secondary N) is 1. The van der Waals surface area contributed by atoms with Crippen LogP contribution in [0.15, 0.2) is 113 Å². The van der Waals surface area contributed by atoms with Crippen LogP contribution in [0, 0.1) is 6.92 Å². The van der Waals surface area contributed by atoms with Gasteiger partial charge in [-0.25, -0.2) is 0 Å². The van der Waals surface area contributed by atoms with Crippen LogP contribution < -0.4 is 16.8 Å². The van der Waals surface area contributed by atoms with Crippen LogP contribution in [0.3, 0.4) is 0 Å². The van der Waals surface area contributed by atoms with Gasteiger partial charge in [0.25, 0.3) is 5.91 Å². The molecule has 0 heterocycles. The second kappa shape index (κ2) is 19.6. The predicted octanol–water partition coefficient (Wildman–Crippen LogP) is 6.28. The lowest BCUT2D eigenvalue weighted by Crippen LogP contribution is -2.25. The summed E-state index contributed by atoms with van der Waals surface area (Å²) in [6, 6.07) is 26.0. The smallest absolute Gasteiger partial charge is 0.254 e. The Morgan fingerprint density at radius 3 is 1.95 bits per heavy atom. The van der Waals surface area contributed by atoms with Gasteiger partial charge in [-0.3, -0.25) is 14.8 Å². The molecule has 5 N–H and O–H groups in total. The number of benzene rings is 3. The molecule has 0 aliphatic rings. The summed E-state index contributed by atoms with van der Waals surface area (Å²) >= 11 is 0. The van der Waals surface area contributed by atoms with Gasteiger partial charge in [-0.2, -0.15) is 0 Å². The van der Waals surface area contributed by atoms with Crippen molar-refractivity contribution >= 4 is 18.0 Å². The minimum atomic E-state index is -0.281. The minimum absolute atomic E-state index is 0.281. The van der Waals surface area contributed by atoms with Gasteiger partial charge in [0, 0.05) is 31.6 Å². The molecule has 0 fully saturated rings. The van der Waals surface area contributed by atoms with Gasteiger partial charge in [-0.05, 0) is 37.0 Å². The van der Waals surface area contributed by atoms with Gasteiger partial charge in [-0.15, -0.1) is 0 Å². The van der Waals surface area contributed by atoms with Crippen molar-refractivity contribution in [2.45, 2.75) is 53.6 Å². The van der Waals surface area contributed by atoms with Crippen molar-refractivity contribution in [3.05, 3.63) is 131 Å². The average Bonchev–Trinajstić information content (AvgIpc) is 2.95. The van der Waals surface area contributed by atoms with Crippen molar-refractivity contribution in [1.29, 1.82) is 0 Å². The third kappa shape index (κ3) is 13.9. The van der Waals surface area contributed by atoms with E-state index in [1.807, 2.05) is 61.5 Å². The molecule has 0 spiro atoms. The molecule has 1 amide bonds. The zero-order valence-electron chi connectivity index (χ0n) is 24.7. The highest BCUT2D eigenvalue weighted by molar-refractivity contribution is 6.12. The molecule has 6 heteroatoms. The Hall–Kier alpha value is -4.45. The maximum Gasteiger partial charge on any atom is 0.254 e. The molecule has 40 heavy (non-hydrogen) atoms. The Morgan fingerprint density at radius 2 is 1.48 bits per heavy atom. The van der Waals surface area contributed by atoms with E-state index in [9.17, 15) is 4.79 Å². The normalized spacial score (nSPS) is 11.1. The third-order valence-corrected chi connectivity index (χ3v) is 5.36. The van der Waals surface area contributed by atoms with E-state index >= 15 is 0 Å². The summed E-state index contributed by atoms with van der Waals surface area (Å²) in [6.07, 6.45) is 4.88. The van der Waals surface area contributed by atoms with Gasteiger partial charge in [0.05, 0.1) is 12.1 Å². The molecule has 0 aromatic heterocycles. The van der Waals surface area contributed by atoms with E-state index in [1.54, 1.807) is 7.05 Å². The molecule has 3 aromatic rings. The summed E-state index contributed by atoms with van der Waals surface area (Å²) in [7, 11) is 1.64. The highest BCUT2D eigenvalue weighted by Gasteiger charge is 2.07. The highest BCUT2D eigenvalue weighted by atomic mass is 16.1. The van der Waals surface area contributed by atoms with Crippen LogP contribution in [0.5, 0.6) is 0 Å². The molecule has 0 aliphatic carbocycles. The van der Waals surface area contributed by atoms with Crippen molar-refractivity contribution < 1.29 is 4.79 Å². The number of rotatable bonds is 9. The lowest BCUT2D eigenvalue weighted by molar-refractivity contribution is -0.117. The fourth-order valence-electron chi connectivity index (χ4n) is 3.28. The SMILES string of the molecule is C=C(C)Cc1ccc(CN=C/C(=C\N)C(=O)NCc2ccc(C(N)=NC)cc2)cc1.CCC.Cc1ccccc1. The molecule has 0 aliphatic heterocycles. The fourth-order valence-corrected chi connectivity index (χ4v) is 3.28. The Morgan fingerprint density at radius 1 is 0.925 bits per heavy atom. The molecule has 3 aromatic carbocycles. The Labute approximate surface area is 240 Å². The minimum Gasteiger partial charge on any atom is -0.404 e. The zero-order valence-corrected chi connectivity index (χ0v) is 24.7. The Balaban J connectivity index is 0.000000673. The molecule has 0 saturated carbocycles. The van der Waals surface area contributed by atoms with Gasteiger partial charge in [-0.1, -0.05) is 117 Å². The Kier molecular flexibility index (Phi) is 16.4. The van der Waals surface area contributed by atoms with E-state index in [2.05, 4.69) is 66.9 Å². The summed E-state index contributed by atoms with van der Waals surface area (Å²) < 4.78 is 0. The number of amides is 1. The number of hydrogen-bond acceptors (Lipinski definition) is 4. The number of hydrogen-bond donors (Lipinski definition) is 3. The van der Waals surface area contributed by atoms with Gasteiger partial charge in [0.15, 0.2) is 0 Å². The molecule has 6 nitrogen and oxygen atoms in total. The standard InChI is InChI=1S/C24H29N5O.C7H8.C3H8/c1-17(2)12-18-4-6-19(7-5-18)14-28-16-22(13-25)24(30)29-15-20-8-10-21(11-9-20)23(26)27-3;1-7-5-3-2-4-6-7;1-3-2/h4-11,13,16H,1,12,14-15,25H2,2-3H3,(H2,26,27)(H,29,30);2-6H,1H3;3H2,1-2H3/b22-13+,28-16?;;. The molecular weight excluding hydrogens is 494 g/mol. The second-order valence-electron chi connectivity index (χ2n) is 9.39. The molecule has 212 valence electrons. The maximum atomic E-state index is 12.4. The van der Waals surface area contributed by atoms with Crippen LogP contribution in [0.25, 0.3) is 0 Å². The number of carbonyl (C=O) groups excluding carboxylic acids is 1. The summed E-state index contributed by atoms with van der Waals surface area (Å²) in [5.74, 6) is 0.192. The van der Waals surface area contributed by atoms with Crippen LogP contribution in [-0.2, 0) is 24.3 Å². The number of aryl methyl sites for hydroxylation is 1. The van der Waals surface area contributed by atoms with Crippen molar-refractivity contribution in [3.8, 4) is 0 Å². The molecule has 0 unspecified atom stereocenters. The van der Waals surface area contributed by atoms with Crippen molar-refractivity contribution in [2.24, 2.45) is 21.5 Å². The van der Waals surface area contributed by atoms with E-state index in [0.717, 1.165) is 28.7 Å². The Bertz CT molecular complexity index is 1240. The molecule has 0 bridgehead atoms. The van der Waals surface area contributed by atoms with E-state index < -0.39 is 0 Å². The van der Waals surface area contributed by atoms with Crippen LogP contribution in [0.2, 0.25) is 0 Å². The van der Waals surface area contributed by atoms with Crippen LogP contribution in [0.1, 0.15) is 55.0 Å². The molecule has 0 radical (unpaired) electrons. The van der Waals surface area contributed by atoms with Crippen LogP contribution in [0.4, 0.5) is 0 Å². The molecular formula is C34H45N5O. The highest BCUT2D eigenvalue weighted by Crippen LogP contribution is 2.10. The van der Waals surface area contributed by atoms with E-state index in [-0.39, 0.29) is 5.91 Å². The van der Waals surface area contributed by atoms with E-state index in [4.69, 9.17) is 11.5 Å². The molecule has 0 saturated heterocycles. The number of allylic oxidation sites excluding steroid dienone is 1. The van der Waals surface area contributed by atoms with Crippen molar-refractivity contribution in [2.75, 3.05) is 7.05 Å². The van der Waals surface area contributed by atoms with Crippen molar-refractivity contribution in [1.82, 2.24) is 5.32 Å². The number of nitrogens with zero attached hydrogens (tertiary/aromatic N) is 2. The maximum absolute atomic E-state index is 12.4. The fraction of sp³-hybridized carbons (Fsp3) is 0.265. The first-order valence-electron chi connectivity index (χ1n) is 13.5. The molecule has 3 rings (SSSR count). The van der Waals surface area contributed by atoms with E-state index in [1.165, 1.54) is 30.0 Å². The summed E-state index contributed by atoms with van der Waals surface area (Å²) in [5.41, 5.74) is 18.2. The van der Waals surface area contributed by atoms with E-state index in [0.29, 0.717) is 24.5 Å².